The molecule has 0 radical (unpaired) electrons. The van der Waals surface area contributed by atoms with Gasteiger partial charge in [0.05, 0.1) is 6.54 Å². The van der Waals surface area contributed by atoms with Gasteiger partial charge in [0, 0.05) is 24.9 Å². The van der Waals surface area contributed by atoms with Crippen molar-refractivity contribution in [2.75, 3.05) is 5.32 Å². The van der Waals surface area contributed by atoms with E-state index in [4.69, 9.17) is 4.74 Å². The topological polar surface area (TPSA) is 39.1 Å². The Morgan fingerprint density at radius 3 is 2.95 bits per heavy atom. The van der Waals surface area contributed by atoms with Crippen molar-refractivity contribution in [1.82, 2.24) is 9.55 Å². The van der Waals surface area contributed by atoms with E-state index in [2.05, 4.69) is 33.1 Å². The summed E-state index contributed by atoms with van der Waals surface area (Å²) in [5, 5.41) is 3.58. The van der Waals surface area contributed by atoms with Crippen LogP contribution >= 0.6 is 0 Å². The number of imidazole rings is 1. The fourth-order valence-electron chi connectivity index (χ4n) is 3.42. The molecule has 4 heteroatoms. The van der Waals surface area contributed by atoms with Gasteiger partial charge in [-0.25, -0.2) is 4.98 Å². The van der Waals surface area contributed by atoms with Gasteiger partial charge in [-0.2, -0.15) is 0 Å². The number of rotatable bonds is 4. The van der Waals surface area contributed by atoms with Gasteiger partial charge in [0.15, 0.2) is 0 Å². The van der Waals surface area contributed by atoms with Crippen LogP contribution in [0.1, 0.15) is 31.2 Å². The second-order valence-corrected chi connectivity index (χ2v) is 6.08. The van der Waals surface area contributed by atoms with Gasteiger partial charge in [-0.15, -0.1) is 0 Å². The third-order valence-corrected chi connectivity index (χ3v) is 4.52. The molecule has 0 bridgehead atoms. The first-order valence-electron chi connectivity index (χ1n) is 7.91. The Morgan fingerprint density at radius 2 is 2.10 bits per heavy atom. The molecular formula is C17H21N3O. The van der Waals surface area contributed by atoms with Gasteiger partial charge >= 0.3 is 0 Å². The molecule has 1 aromatic heterocycles. The Kier molecular flexibility index (Phi) is 3.30. The van der Waals surface area contributed by atoms with E-state index in [0.29, 0.717) is 6.04 Å². The van der Waals surface area contributed by atoms with E-state index < -0.39 is 0 Å². The SMILES string of the molecule is c1ccc2c(c1)CC(Cn1ccnc1NC1CCCC1)O2. The molecule has 2 aliphatic rings. The van der Waals surface area contributed by atoms with Crippen LogP contribution in [-0.4, -0.2) is 21.7 Å². The molecular weight excluding hydrogens is 262 g/mol. The van der Waals surface area contributed by atoms with Crippen LogP contribution < -0.4 is 10.1 Å². The number of hydrogen-bond acceptors (Lipinski definition) is 3. The molecule has 1 saturated carbocycles. The first kappa shape index (κ1) is 12.7. The van der Waals surface area contributed by atoms with Gasteiger partial charge in [0.2, 0.25) is 5.95 Å². The molecule has 1 fully saturated rings. The van der Waals surface area contributed by atoms with E-state index in [1.54, 1.807) is 0 Å². The first-order chi connectivity index (χ1) is 10.4. The summed E-state index contributed by atoms with van der Waals surface area (Å²) in [7, 11) is 0. The van der Waals surface area contributed by atoms with Crippen molar-refractivity contribution in [2.24, 2.45) is 0 Å². The van der Waals surface area contributed by atoms with Gasteiger partial charge in [-0.3, -0.25) is 0 Å². The molecule has 1 aliphatic carbocycles. The van der Waals surface area contributed by atoms with Gasteiger partial charge in [0.1, 0.15) is 11.9 Å². The quantitative estimate of drug-likeness (QED) is 0.936. The summed E-state index contributed by atoms with van der Waals surface area (Å²) in [4.78, 5) is 4.47. The predicted octanol–water partition coefficient (Wildman–Crippen LogP) is 3.24. The molecule has 0 amide bonds. The molecule has 1 atom stereocenters. The summed E-state index contributed by atoms with van der Waals surface area (Å²) in [6.07, 6.45) is 10.3. The Morgan fingerprint density at radius 1 is 1.24 bits per heavy atom. The zero-order chi connectivity index (χ0) is 14.1. The Hall–Kier alpha value is -1.97. The minimum Gasteiger partial charge on any atom is -0.488 e. The van der Waals surface area contributed by atoms with Crippen LogP contribution in [0.4, 0.5) is 5.95 Å². The average Bonchev–Trinajstić information content (AvgIpc) is 3.21. The van der Waals surface area contributed by atoms with Crippen molar-refractivity contribution in [3.63, 3.8) is 0 Å². The number of benzene rings is 1. The zero-order valence-corrected chi connectivity index (χ0v) is 12.2. The summed E-state index contributed by atoms with van der Waals surface area (Å²) >= 11 is 0. The monoisotopic (exact) mass is 283 g/mol. The summed E-state index contributed by atoms with van der Waals surface area (Å²) in [5.74, 6) is 2.02. The molecule has 1 unspecified atom stereocenters. The highest BCUT2D eigenvalue weighted by molar-refractivity contribution is 5.37. The molecule has 4 rings (SSSR count). The number of nitrogens with zero attached hydrogens (tertiary/aromatic N) is 2. The van der Waals surface area contributed by atoms with Crippen LogP contribution in [0.3, 0.4) is 0 Å². The number of nitrogens with one attached hydrogen (secondary N) is 1. The highest BCUT2D eigenvalue weighted by Crippen LogP contribution is 2.29. The zero-order valence-electron chi connectivity index (χ0n) is 12.2. The highest BCUT2D eigenvalue weighted by Gasteiger charge is 2.24. The van der Waals surface area contributed by atoms with E-state index in [1.807, 2.05) is 18.5 Å². The lowest BCUT2D eigenvalue weighted by Gasteiger charge is -2.17. The van der Waals surface area contributed by atoms with Gasteiger partial charge in [-0.1, -0.05) is 31.0 Å². The maximum Gasteiger partial charge on any atom is 0.203 e. The Labute approximate surface area is 125 Å². The fourth-order valence-corrected chi connectivity index (χ4v) is 3.42. The number of anilines is 1. The van der Waals surface area contributed by atoms with E-state index in [1.165, 1.54) is 31.2 Å². The number of para-hydroxylation sites is 1. The molecule has 4 nitrogen and oxygen atoms in total. The lowest BCUT2D eigenvalue weighted by Crippen LogP contribution is -2.24. The molecule has 2 heterocycles. The lowest BCUT2D eigenvalue weighted by atomic mass is 10.1. The van der Waals surface area contributed by atoms with Crippen molar-refractivity contribution in [1.29, 1.82) is 0 Å². The van der Waals surface area contributed by atoms with Crippen LogP contribution in [0.5, 0.6) is 5.75 Å². The lowest BCUT2D eigenvalue weighted by molar-refractivity contribution is 0.210. The standard InChI is InChI=1S/C17H21N3O/c1-4-8-16-13(5-1)11-15(21-16)12-20-10-9-18-17(20)19-14-6-2-3-7-14/h1,4-5,8-10,14-15H,2-3,6-7,11-12H2,(H,18,19). The van der Waals surface area contributed by atoms with Gasteiger partial charge < -0.3 is 14.6 Å². The normalized spacial score (nSPS) is 21.2. The number of hydrogen-bond donors (Lipinski definition) is 1. The molecule has 1 aliphatic heterocycles. The summed E-state index contributed by atoms with van der Waals surface area (Å²) in [6, 6.07) is 8.91. The van der Waals surface area contributed by atoms with Crippen molar-refractivity contribution in [3.05, 3.63) is 42.2 Å². The smallest absolute Gasteiger partial charge is 0.203 e. The van der Waals surface area contributed by atoms with E-state index in [0.717, 1.165) is 24.7 Å². The van der Waals surface area contributed by atoms with E-state index >= 15 is 0 Å². The first-order valence-corrected chi connectivity index (χ1v) is 7.91. The molecule has 0 spiro atoms. The van der Waals surface area contributed by atoms with Crippen LogP contribution in [0.2, 0.25) is 0 Å². The maximum atomic E-state index is 6.03. The molecule has 1 N–H and O–H groups in total. The molecule has 21 heavy (non-hydrogen) atoms. The second-order valence-electron chi connectivity index (χ2n) is 6.08. The molecule has 110 valence electrons. The van der Waals surface area contributed by atoms with Crippen LogP contribution in [0.15, 0.2) is 36.7 Å². The van der Waals surface area contributed by atoms with Crippen molar-refractivity contribution >= 4 is 5.95 Å². The Balaban J connectivity index is 1.43. The fraction of sp³-hybridized carbons (Fsp3) is 0.471. The third kappa shape index (κ3) is 2.62. The minimum atomic E-state index is 0.209. The molecule has 0 saturated heterocycles. The molecule has 1 aromatic carbocycles. The number of ether oxygens (including phenoxy) is 1. The van der Waals surface area contributed by atoms with Crippen LogP contribution in [-0.2, 0) is 13.0 Å². The second kappa shape index (κ2) is 5.43. The number of fused-ring (bicyclic) bond motifs is 1. The highest BCUT2D eigenvalue weighted by atomic mass is 16.5. The summed E-state index contributed by atoms with van der Waals surface area (Å²) < 4.78 is 8.22. The Bertz CT molecular complexity index is 591. The van der Waals surface area contributed by atoms with Gasteiger partial charge in [-0.05, 0) is 24.5 Å². The summed E-state index contributed by atoms with van der Waals surface area (Å²) in [6.45, 7) is 0.851. The molecule has 2 aromatic rings. The van der Waals surface area contributed by atoms with Crippen molar-refractivity contribution in [2.45, 2.75) is 50.8 Å². The van der Waals surface area contributed by atoms with E-state index in [9.17, 15) is 0 Å². The van der Waals surface area contributed by atoms with E-state index in [-0.39, 0.29) is 6.10 Å². The third-order valence-electron chi connectivity index (χ3n) is 4.52. The minimum absolute atomic E-state index is 0.209. The predicted molar refractivity (Wildman–Crippen MR) is 82.7 cm³/mol. The van der Waals surface area contributed by atoms with Gasteiger partial charge in [0.25, 0.3) is 0 Å². The summed E-state index contributed by atoms with van der Waals surface area (Å²) in [5.41, 5.74) is 1.31. The van der Waals surface area contributed by atoms with Crippen molar-refractivity contribution in [3.8, 4) is 5.75 Å². The van der Waals surface area contributed by atoms with Crippen LogP contribution in [0.25, 0.3) is 0 Å². The largest absolute Gasteiger partial charge is 0.488 e. The number of aromatic nitrogens is 2. The van der Waals surface area contributed by atoms with Crippen molar-refractivity contribution < 1.29 is 4.74 Å². The van der Waals surface area contributed by atoms with Crippen LogP contribution in [0, 0.1) is 0 Å². The average molecular weight is 283 g/mol. The maximum absolute atomic E-state index is 6.03.